The van der Waals surface area contributed by atoms with Crippen molar-refractivity contribution < 1.29 is 39.1 Å². The molecule has 9 nitrogen and oxygen atoms in total. The Morgan fingerprint density at radius 1 is 1.20 bits per heavy atom. The van der Waals surface area contributed by atoms with Crippen molar-refractivity contribution in [3.05, 3.63) is 34.6 Å². The summed E-state index contributed by atoms with van der Waals surface area (Å²) in [6.45, 7) is 4.09. The van der Waals surface area contributed by atoms with E-state index < -0.39 is 24.1 Å². The minimum absolute atomic E-state index is 0.215. The topological polar surface area (TPSA) is 140 Å². The fraction of sp³-hybridized carbons (Fsp3) is 0.579. The van der Waals surface area contributed by atoms with Gasteiger partial charge in [0.05, 0.1) is 6.61 Å². The number of carbonyl (C=O) groups is 2. The monoisotopic (exact) mass is 448 g/mol. The predicted molar refractivity (Wildman–Crippen MR) is 105 cm³/mol. The van der Waals surface area contributed by atoms with Crippen molar-refractivity contribution in [2.75, 3.05) is 26.3 Å². The molecular weight excluding hydrogens is 423 g/mol. The van der Waals surface area contributed by atoms with Crippen LogP contribution in [-0.4, -0.2) is 87.9 Å². The summed E-state index contributed by atoms with van der Waals surface area (Å²) in [5, 5.41) is 36.4. The molecule has 2 heterocycles. The average molecular weight is 449 g/mol. The molecule has 0 aliphatic carbocycles. The Hall–Kier alpha value is -1.82. The number of aliphatic carboxylic acids is 2. The van der Waals surface area contributed by atoms with Crippen LogP contribution in [0.5, 0.6) is 0 Å². The van der Waals surface area contributed by atoms with Gasteiger partial charge in [-0.2, -0.15) is 0 Å². The molecule has 1 aromatic rings. The van der Waals surface area contributed by atoms with E-state index in [9.17, 15) is 14.0 Å². The molecule has 0 amide bonds. The fourth-order valence-corrected chi connectivity index (χ4v) is 3.62. The molecule has 3 rings (SSSR count). The molecule has 2 saturated heterocycles. The van der Waals surface area contributed by atoms with E-state index in [0.717, 1.165) is 39.1 Å². The zero-order valence-corrected chi connectivity index (χ0v) is 17.0. The van der Waals surface area contributed by atoms with Crippen LogP contribution in [-0.2, 0) is 20.9 Å². The number of hydrogen-bond acceptors (Lipinski definition) is 7. The minimum atomic E-state index is -2.27. The molecule has 1 aromatic carbocycles. The molecule has 2 fully saturated rings. The third-order valence-corrected chi connectivity index (χ3v) is 5.44. The van der Waals surface area contributed by atoms with Crippen LogP contribution in [0, 0.1) is 5.82 Å². The molecule has 168 valence electrons. The summed E-state index contributed by atoms with van der Waals surface area (Å²) in [6.07, 6.45) is -2.42. The van der Waals surface area contributed by atoms with Gasteiger partial charge in [0.1, 0.15) is 5.82 Å². The average Bonchev–Trinajstić information content (AvgIpc) is 3.41. The van der Waals surface area contributed by atoms with Crippen molar-refractivity contribution >= 4 is 23.5 Å². The van der Waals surface area contributed by atoms with Crippen LogP contribution in [0.3, 0.4) is 0 Å². The second-order valence-corrected chi connectivity index (χ2v) is 7.51. The first-order valence-corrected chi connectivity index (χ1v) is 9.89. The van der Waals surface area contributed by atoms with Gasteiger partial charge in [-0.3, -0.25) is 4.90 Å². The highest BCUT2D eigenvalue weighted by molar-refractivity contribution is 6.31. The van der Waals surface area contributed by atoms with E-state index in [1.54, 1.807) is 12.1 Å². The Morgan fingerprint density at radius 2 is 1.87 bits per heavy atom. The molecule has 0 aromatic heterocycles. The molecule has 0 unspecified atom stereocenters. The van der Waals surface area contributed by atoms with Gasteiger partial charge in [0.25, 0.3) is 0 Å². The number of nitrogens with one attached hydrogen (secondary N) is 1. The van der Waals surface area contributed by atoms with Gasteiger partial charge in [0.15, 0.2) is 12.2 Å². The van der Waals surface area contributed by atoms with E-state index in [1.165, 1.54) is 6.07 Å². The molecule has 30 heavy (non-hydrogen) atoms. The lowest BCUT2D eigenvalue weighted by Crippen LogP contribution is -2.44. The highest BCUT2D eigenvalue weighted by Gasteiger charge is 2.32. The number of carboxylic acids is 2. The minimum Gasteiger partial charge on any atom is -0.479 e. The largest absolute Gasteiger partial charge is 0.479 e. The fourth-order valence-electron chi connectivity index (χ4n) is 3.40. The van der Waals surface area contributed by atoms with Gasteiger partial charge in [-0.05, 0) is 31.5 Å². The van der Waals surface area contributed by atoms with Crippen LogP contribution >= 0.6 is 11.6 Å². The number of nitrogens with zero attached hydrogens (tertiary/aromatic N) is 1. The van der Waals surface area contributed by atoms with Gasteiger partial charge in [-0.25, -0.2) is 14.0 Å². The van der Waals surface area contributed by atoms with E-state index in [-0.39, 0.29) is 5.82 Å². The number of halogens is 2. The first kappa shape index (κ1) is 24.4. The van der Waals surface area contributed by atoms with Gasteiger partial charge in [0, 0.05) is 42.4 Å². The number of aliphatic hydroxyl groups is 2. The predicted octanol–water partition coefficient (Wildman–Crippen LogP) is 0.309. The SMILES string of the molecule is Fc1cccc(Cl)c1CN([C@@H]1CCOC1)[C@H]1CCNC1.O=C(O)[C@H](O)[C@@H](O)C(=O)O. The van der Waals surface area contributed by atoms with Crippen molar-refractivity contribution in [2.24, 2.45) is 0 Å². The Bertz CT molecular complexity index is 673. The molecule has 5 N–H and O–H groups in total. The maximum atomic E-state index is 14.0. The van der Waals surface area contributed by atoms with Crippen molar-refractivity contribution in [3.8, 4) is 0 Å². The second kappa shape index (κ2) is 11.5. The summed E-state index contributed by atoms with van der Waals surface area (Å²) in [5.74, 6) is -3.75. The third kappa shape index (κ3) is 6.59. The third-order valence-electron chi connectivity index (χ3n) is 5.09. The lowest BCUT2D eigenvalue weighted by atomic mass is 10.1. The maximum absolute atomic E-state index is 14.0. The summed E-state index contributed by atoms with van der Waals surface area (Å²) in [7, 11) is 0. The molecular formula is C19H26ClFN2O7. The Morgan fingerprint density at radius 3 is 2.33 bits per heavy atom. The van der Waals surface area contributed by atoms with Gasteiger partial charge >= 0.3 is 11.9 Å². The Kier molecular flexibility index (Phi) is 9.40. The molecule has 0 radical (unpaired) electrons. The zero-order valence-electron chi connectivity index (χ0n) is 16.2. The molecule has 0 saturated carbocycles. The van der Waals surface area contributed by atoms with Crippen molar-refractivity contribution in [3.63, 3.8) is 0 Å². The van der Waals surface area contributed by atoms with Crippen LogP contribution in [0.25, 0.3) is 0 Å². The number of aliphatic hydroxyl groups excluding tert-OH is 2. The number of benzene rings is 1. The maximum Gasteiger partial charge on any atom is 0.335 e. The summed E-state index contributed by atoms with van der Waals surface area (Å²) < 4.78 is 19.5. The van der Waals surface area contributed by atoms with Gasteiger partial charge in [-0.15, -0.1) is 0 Å². The molecule has 0 spiro atoms. The van der Waals surface area contributed by atoms with E-state index in [1.807, 2.05) is 0 Å². The highest BCUT2D eigenvalue weighted by atomic mass is 35.5. The van der Waals surface area contributed by atoms with Crippen LogP contribution in [0.15, 0.2) is 18.2 Å². The van der Waals surface area contributed by atoms with Gasteiger partial charge < -0.3 is 30.5 Å². The Labute approximate surface area is 178 Å². The van der Waals surface area contributed by atoms with Crippen LogP contribution in [0.1, 0.15) is 18.4 Å². The summed E-state index contributed by atoms with van der Waals surface area (Å²) in [6, 6.07) is 5.71. The Balaban J connectivity index is 0.000000274. The lowest BCUT2D eigenvalue weighted by Gasteiger charge is -2.33. The smallest absolute Gasteiger partial charge is 0.335 e. The number of ether oxygens (including phenoxy) is 1. The van der Waals surface area contributed by atoms with Crippen LogP contribution < -0.4 is 5.32 Å². The van der Waals surface area contributed by atoms with E-state index in [2.05, 4.69) is 10.2 Å². The van der Waals surface area contributed by atoms with E-state index in [4.69, 9.17) is 36.8 Å². The van der Waals surface area contributed by atoms with Gasteiger partial charge in [0.2, 0.25) is 0 Å². The normalized spacial score (nSPS) is 23.0. The van der Waals surface area contributed by atoms with Crippen molar-refractivity contribution in [1.82, 2.24) is 10.2 Å². The number of carboxylic acid groups (broad SMARTS) is 2. The summed E-state index contributed by atoms with van der Waals surface area (Å²) in [4.78, 5) is 21.9. The summed E-state index contributed by atoms with van der Waals surface area (Å²) >= 11 is 6.17. The lowest BCUT2D eigenvalue weighted by molar-refractivity contribution is -0.165. The van der Waals surface area contributed by atoms with Gasteiger partial charge in [-0.1, -0.05) is 17.7 Å². The van der Waals surface area contributed by atoms with Crippen molar-refractivity contribution in [1.29, 1.82) is 0 Å². The number of rotatable bonds is 7. The second-order valence-electron chi connectivity index (χ2n) is 7.10. The van der Waals surface area contributed by atoms with Crippen LogP contribution in [0.4, 0.5) is 4.39 Å². The molecule has 4 atom stereocenters. The highest BCUT2D eigenvalue weighted by Crippen LogP contribution is 2.26. The standard InChI is InChI=1S/C15H20ClFN2O.C4H6O6/c16-14-2-1-3-15(17)13(14)9-19(11-4-6-18-8-11)12-5-7-20-10-12;5-1(3(7)8)2(6)4(9)10/h1-3,11-12,18H,4-10H2;1-2,5-6H,(H,7,8)(H,9,10)/t11-,12+;1-,2-/m01/s1. The summed E-state index contributed by atoms with van der Waals surface area (Å²) in [5.41, 5.74) is 0.605. The van der Waals surface area contributed by atoms with E-state index in [0.29, 0.717) is 29.2 Å². The zero-order chi connectivity index (χ0) is 22.3. The molecule has 11 heteroatoms. The van der Waals surface area contributed by atoms with Crippen LogP contribution in [0.2, 0.25) is 5.02 Å². The molecule has 0 bridgehead atoms. The number of hydrogen-bond donors (Lipinski definition) is 5. The molecule has 2 aliphatic heterocycles. The molecule has 2 aliphatic rings. The first-order valence-electron chi connectivity index (χ1n) is 9.51. The first-order chi connectivity index (χ1) is 14.2. The quantitative estimate of drug-likeness (QED) is 0.398. The van der Waals surface area contributed by atoms with E-state index >= 15 is 0 Å². The van der Waals surface area contributed by atoms with Crippen molar-refractivity contribution in [2.45, 2.75) is 43.7 Å².